The molecule has 0 spiro atoms. The molecule has 82 valence electrons. The van der Waals surface area contributed by atoms with Gasteiger partial charge in [-0.05, 0) is 33.1 Å². The Bertz CT molecular complexity index is 196. The molecule has 0 aromatic heterocycles. The normalized spacial score (nSPS) is 34.9. The van der Waals surface area contributed by atoms with E-state index in [2.05, 4.69) is 18.7 Å². The maximum atomic E-state index is 9.72. The number of aliphatic hydroxyl groups excluding tert-OH is 1. The smallest absolute Gasteiger partial charge is 0.0684 e. The highest BCUT2D eigenvalue weighted by Gasteiger charge is 2.41. The third kappa shape index (κ3) is 1.96. The Hall–Kier alpha value is -0.0800. The maximum absolute atomic E-state index is 9.72. The van der Waals surface area contributed by atoms with Gasteiger partial charge in [-0.2, -0.15) is 0 Å². The predicted molar refractivity (Wildman–Crippen MR) is 58.3 cm³/mol. The average molecular weight is 197 g/mol. The van der Waals surface area contributed by atoms with Crippen molar-refractivity contribution in [2.75, 3.05) is 6.54 Å². The SMILES string of the molecule is CC1(C)CC(O)CN1C1CCCCC1. The summed E-state index contributed by atoms with van der Waals surface area (Å²) in [5.74, 6) is 0. The molecule has 1 aliphatic carbocycles. The van der Waals surface area contributed by atoms with Gasteiger partial charge in [0.15, 0.2) is 0 Å². The highest BCUT2D eigenvalue weighted by molar-refractivity contribution is 4.96. The van der Waals surface area contributed by atoms with Crippen LogP contribution in [0, 0.1) is 0 Å². The third-order valence-corrected chi connectivity index (χ3v) is 3.94. The first-order valence-corrected chi connectivity index (χ1v) is 6.04. The van der Waals surface area contributed by atoms with Gasteiger partial charge in [0.2, 0.25) is 0 Å². The largest absolute Gasteiger partial charge is 0.392 e. The molecule has 1 N–H and O–H groups in total. The van der Waals surface area contributed by atoms with Gasteiger partial charge in [-0.15, -0.1) is 0 Å². The number of nitrogens with zero attached hydrogens (tertiary/aromatic N) is 1. The van der Waals surface area contributed by atoms with Crippen molar-refractivity contribution in [3.8, 4) is 0 Å². The molecule has 1 saturated heterocycles. The molecule has 0 bridgehead atoms. The van der Waals surface area contributed by atoms with Crippen molar-refractivity contribution >= 4 is 0 Å². The zero-order valence-electron chi connectivity index (χ0n) is 9.50. The highest BCUT2D eigenvalue weighted by Crippen LogP contribution is 2.35. The number of aliphatic hydroxyl groups is 1. The highest BCUT2D eigenvalue weighted by atomic mass is 16.3. The minimum absolute atomic E-state index is 0.0908. The van der Waals surface area contributed by atoms with E-state index in [-0.39, 0.29) is 11.6 Å². The molecule has 1 unspecified atom stereocenters. The number of likely N-dealkylation sites (tertiary alicyclic amines) is 1. The molecule has 2 rings (SSSR count). The van der Waals surface area contributed by atoms with Crippen LogP contribution in [0.2, 0.25) is 0 Å². The third-order valence-electron chi connectivity index (χ3n) is 3.94. The van der Waals surface area contributed by atoms with Crippen LogP contribution in [0.3, 0.4) is 0 Å². The number of rotatable bonds is 1. The molecular weight excluding hydrogens is 174 g/mol. The second-order valence-electron chi connectivity index (χ2n) is 5.61. The Morgan fingerprint density at radius 3 is 2.29 bits per heavy atom. The van der Waals surface area contributed by atoms with E-state index in [1.54, 1.807) is 0 Å². The summed E-state index contributed by atoms with van der Waals surface area (Å²) in [7, 11) is 0. The first kappa shape index (κ1) is 10.4. The van der Waals surface area contributed by atoms with Crippen molar-refractivity contribution in [3.63, 3.8) is 0 Å². The molecule has 2 heteroatoms. The van der Waals surface area contributed by atoms with Gasteiger partial charge in [0.1, 0.15) is 0 Å². The van der Waals surface area contributed by atoms with Crippen LogP contribution in [0.5, 0.6) is 0 Å². The monoisotopic (exact) mass is 197 g/mol. The van der Waals surface area contributed by atoms with E-state index < -0.39 is 0 Å². The lowest BCUT2D eigenvalue weighted by atomic mass is 9.91. The van der Waals surface area contributed by atoms with Crippen LogP contribution in [-0.2, 0) is 0 Å². The summed E-state index contributed by atoms with van der Waals surface area (Å²) in [5.41, 5.74) is 0.224. The van der Waals surface area contributed by atoms with E-state index in [1.807, 2.05) is 0 Å². The summed E-state index contributed by atoms with van der Waals surface area (Å²) >= 11 is 0. The Kier molecular flexibility index (Phi) is 2.85. The van der Waals surface area contributed by atoms with E-state index >= 15 is 0 Å². The van der Waals surface area contributed by atoms with Crippen LogP contribution in [0.15, 0.2) is 0 Å². The minimum Gasteiger partial charge on any atom is -0.392 e. The van der Waals surface area contributed by atoms with Crippen LogP contribution in [0.25, 0.3) is 0 Å². The summed E-state index contributed by atoms with van der Waals surface area (Å²) in [6.07, 6.45) is 7.72. The van der Waals surface area contributed by atoms with E-state index in [4.69, 9.17) is 0 Å². The first-order chi connectivity index (χ1) is 6.59. The van der Waals surface area contributed by atoms with Gasteiger partial charge in [-0.25, -0.2) is 0 Å². The Labute approximate surface area is 87.3 Å². The van der Waals surface area contributed by atoms with Gasteiger partial charge in [0.25, 0.3) is 0 Å². The fourth-order valence-corrected chi connectivity index (χ4v) is 3.27. The number of β-amino-alcohol motifs (C(OH)–C–C–N with tert-alkyl or cyclic N) is 1. The van der Waals surface area contributed by atoms with Crippen molar-refractivity contribution in [1.82, 2.24) is 4.90 Å². The second kappa shape index (κ2) is 3.82. The summed E-state index contributed by atoms with van der Waals surface area (Å²) in [4.78, 5) is 2.55. The zero-order valence-corrected chi connectivity index (χ0v) is 9.50. The zero-order chi connectivity index (χ0) is 10.2. The molecule has 0 aromatic carbocycles. The van der Waals surface area contributed by atoms with Crippen molar-refractivity contribution in [2.45, 2.75) is 70.1 Å². The molecule has 0 amide bonds. The molecule has 1 heterocycles. The predicted octanol–water partition coefficient (Wildman–Crippen LogP) is 2.16. The van der Waals surface area contributed by atoms with Gasteiger partial charge in [0, 0.05) is 18.1 Å². The van der Waals surface area contributed by atoms with Crippen LogP contribution >= 0.6 is 0 Å². The Morgan fingerprint density at radius 2 is 1.79 bits per heavy atom. The molecule has 1 saturated carbocycles. The van der Waals surface area contributed by atoms with Crippen LogP contribution < -0.4 is 0 Å². The maximum Gasteiger partial charge on any atom is 0.0684 e. The van der Waals surface area contributed by atoms with Crippen molar-refractivity contribution in [2.24, 2.45) is 0 Å². The summed E-state index contributed by atoms with van der Waals surface area (Å²) < 4.78 is 0. The van der Waals surface area contributed by atoms with Gasteiger partial charge in [-0.1, -0.05) is 19.3 Å². The minimum atomic E-state index is -0.0908. The Balaban J connectivity index is 2.01. The Morgan fingerprint density at radius 1 is 1.14 bits per heavy atom. The number of hydrogen-bond donors (Lipinski definition) is 1. The van der Waals surface area contributed by atoms with Crippen LogP contribution in [-0.4, -0.2) is 34.2 Å². The fraction of sp³-hybridized carbons (Fsp3) is 1.00. The topological polar surface area (TPSA) is 23.5 Å². The van der Waals surface area contributed by atoms with E-state index in [0.29, 0.717) is 0 Å². The molecule has 2 fully saturated rings. The van der Waals surface area contributed by atoms with Gasteiger partial charge in [-0.3, -0.25) is 4.90 Å². The van der Waals surface area contributed by atoms with Gasteiger partial charge in [0.05, 0.1) is 6.10 Å². The van der Waals surface area contributed by atoms with Crippen molar-refractivity contribution in [1.29, 1.82) is 0 Å². The lowest BCUT2D eigenvalue weighted by Crippen LogP contribution is -2.46. The van der Waals surface area contributed by atoms with E-state index in [1.165, 1.54) is 32.1 Å². The van der Waals surface area contributed by atoms with Crippen LogP contribution in [0.1, 0.15) is 52.4 Å². The molecular formula is C12H23NO. The summed E-state index contributed by atoms with van der Waals surface area (Å²) in [5, 5.41) is 9.72. The standard InChI is InChI=1S/C12H23NO/c1-12(2)8-11(14)9-13(12)10-6-4-3-5-7-10/h10-11,14H,3-9H2,1-2H3. The summed E-state index contributed by atoms with van der Waals surface area (Å²) in [6, 6.07) is 0.746. The lowest BCUT2D eigenvalue weighted by molar-refractivity contribution is 0.0849. The quantitative estimate of drug-likeness (QED) is 0.696. The second-order valence-corrected chi connectivity index (χ2v) is 5.61. The van der Waals surface area contributed by atoms with Gasteiger partial charge < -0.3 is 5.11 Å². The first-order valence-electron chi connectivity index (χ1n) is 6.04. The molecule has 0 radical (unpaired) electrons. The fourth-order valence-electron chi connectivity index (χ4n) is 3.27. The molecule has 1 atom stereocenters. The summed E-state index contributed by atoms with van der Waals surface area (Å²) in [6.45, 7) is 5.45. The lowest BCUT2D eigenvalue weighted by Gasteiger charge is -2.40. The molecule has 2 nitrogen and oxygen atoms in total. The van der Waals surface area contributed by atoms with Crippen molar-refractivity contribution in [3.05, 3.63) is 0 Å². The molecule has 2 aliphatic rings. The molecule has 0 aromatic rings. The van der Waals surface area contributed by atoms with Crippen LogP contribution in [0.4, 0.5) is 0 Å². The number of hydrogen-bond acceptors (Lipinski definition) is 2. The van der Waals surface area contributed by atoms with E-state index in [0.717, 1.165) is 19.0 Å². The molecule has 1 aliphatic heterocycles. The average Bonchev–Trinajstić information content (AvgIpc) is 2.41. The van der Waals surface area contributed by atoms with E-state index in [9.17, 15) is 5.11 Å². The van der Waals surface area contributed by atoms with Crippen molar-refractivity contribution < 1.29 is 5.11 Å². The molecule has 14 heavy (non-hydrogen) atoms. The van der Waals surface area contributed by atoms with Gasteiger partial charge >= 0.3 is 0 Å².